The van der Waals surface area contributed by atoms with E-state index in [1.807, 2.05) is 25.1 Å². The Hall–Kier alpha value is -1.14. The summed E-state index contributed by atoms with van der Waals surface area (Å²) in [6, 6.07) is 5.59. The number of hydrogen-bond acceptors (Lipinski definition) is 5. The van der Waals surface area contributed by atoms with E-state index >= 15 is 0 Å². The molecule has 0 amide bonds. The van der Waals surface area contributed by atoms with E-state index in [1.165, 1.54) is 0 Å². The maximum Gasteiger partial charge on any atom is 0.125 e. The van der Waals surface area contributed by atoms with Crippen LogP contribution in [0.15, 0.2) is 18.2 Å². The highest BCUT2D eigenvalue weighted by Crippen LogP contribution is 2.26. The zero-order valence-corrected chi connectivity index (χ0v) is 12.3. The normalized spacial score (nSPS) is 14.1. The molecular formula is C15H24O5. The molecule has 1 rings (SSSR count). The molecule has 0 aliphatic heterocycles. The molecular weight excluding hydrogens is 260 g/mol. The predicted octanol–water partition coefficient (Wildman–Crippen LogP) is 1.45. The summed E-state index contributed by atoms with van der Waals surface area (Å²) in [6.45, 7) is 4.88. The van der Waals surface area contributed by atoms with Crippen LogP contribution in [0.5, 0.6) is 5.75 Å². The van der Waals surface area contributed by atoms with Gasteiger partial charge in [-0.1, -0.05) is 12.1 Å². The zero-order valence-electron chi connectivity index (χ0n) is 12.3. The van der Waals surface area contributed by atoms with Crippen LogP contribution >= 0.6 is 0 Å². The van der Waals surface area contributed by atoms with Gasteiger partial charge in [-0.25, -0.2) is 0 Å². The first kappa shape index (κ1) is 16.9. The predicted molar refractivity (Wildman–Crippen MR) is 76.0 cm³/mol. The summed E-state index contributed by atoms with van der Waals surface area (Å²) in [6.07, 6.45) is -1.32. The van der Waals surface area contributed by atoms with Crippen LogP contribution in [0, 0.1) is 6.92 Å². The number of benzene rings is 1. The van der Waals surface area contributed by atoms with Gasteiger partial charge in [0.1, 0.15) is 18.5 Å². The molecule has 0 aliphatic carbocycles. The van der Waals surface area contributed by atoms with Crippen molar-refractivity contribution in [3.05, 3.63) is 29.3 Å². The third-order valence-corrected chi connectivity index (χ3v) is 2.79. The topological polar surface area (TPSA) is 68.2 Å². The molecule has 20 heavy (non-hydrogen) atoms. The van der Waals surface area contributed by atoms with Gasteiger partial charge in [0, 0.05) is 12.7 Å². The molecule has 0 aromatic heterocycles. The molecule has 2 N–H and O–H groups in total. The monoisotopic (exact) mass is 284 g/mol. The molecule has 2 unspecified atom stereocenters. The highest BCUT2D eigenvalue weighted by molar-refractivity contribution is 5.38. The lowest BCUT2D eigenvalue weighted by Crippen LogP contribution is -2.24. The molecule has 114 valence electrons. The minimum atomic E-state index is -0.714. The minimum absolute atomic E-state index is 0.121. The van der Waals surface area contributed by atoms with E-state index in [0.717, 1.165) is 5.56 Å². The van der Waals surface area contributed by atoms with Crippen LogP contribution in [0.25, 0.3) is 0 Å². The summed E-state index contributed by atoms with van der Waals surface area (Å²) in [4.78, 5) is 0. The molecule has 0 fully saturated rings. The fourth-order valence-electron chi connectivity index (χ4n) is 1.71. The van der Waals surface area contributed by atoms with Gasteiger partial charge < -0.3 is 24.4 Å². The van der Waals surface area contributed by atoms with Crippen molar-refractivity contribution in [2.45, 2.75) is 26.1 Å². The van der Waals surface area contributed by atoms with Gasteiger partial charge in [-0.15, -0.1) is 0 Å². The number of methoxy groups -OCH3 is 1. The van der Waals surface area contributed by atoms with Crippen LogP contribution in [-0.4, -0.2) is 49.9 Å². The molecule has 1 aromatic rings. The van der Waals surface area contributed by atoms with E-state index in [0.29, 0.717) is 24.5 Å². The Kier molecular flexibility index (Phi) is 7.54. The van der Waals surface area contributed by atoms with E-state index < -0.39 is 12.2 Å². The number of aryl methyl sites for hydroxylation is 1. The molecule has 0 aliphatic rings. The van der Waals surface area contributed by atoms with Crippen molar-refractivity contribution in [1.29, 1.82) is 0 Å². The van der Waals surface area contributed by atoms with E-state index in [9.17, 15) is 10.2 Å². The maximum absolute atomic E-state index is 9.76. The molecule has 0 saturated heterocycles. The SMILES string of the molecule is COCCOCC(O)COc1cc(C)ccc1C(C)O. The molecule has 0 heterocycles. The van der Waals surface area contributed by atoms with Crippen molar-refractivity contribution in [3.63, 3.8) is 0 Å². The number of hydrogen-bond donors (Lipinski definition) is 2. The van der Waals surface area contributed by atoms with E-state index in [4.69, 9.17) is 14.2 Å². The summed E-state index contributed by atoms with van der Waals surface area (Å²) < 4.78 is 15.6. The lowest BCUT2D eigenvalue weighted by Gasteiger charge is -2.17. The van der Waals surface area contributed by atoms with E-state index in [-0.39, 0.29) is 13.2 Å². The second kappa shape index (κ2) is 8.92. The zero-order chi connectivity index (χ0) is 15.0. The first-order valence-corrected chi connectivity index (χ1v) is 6.70. The molecule has 2 atom stereocenters. The molecule has 0 radical (unpaired) electrons. The first-order chi connectivity index (χ1) is 9.54. The Morgan fingerprint density at radius 2 is 1.90 bits per heavy atom. The average Bonchev–Trinajstić information content (AvgIpc) is 2.41. The molecule has 5 nitrogen and oxygen atoms in total. The molecule has 0 saturated carbocycles. The van der Waals surface area contributed by atoms with Crippen LogP contribution < -0.4 is 4.74 Å². The minimum Gasteiger partial charge on any atom is -0.490 e. The second-order valence-electron chi connectivity index (χ2n) is 4.75. The number of rotatable bonds is 9. The highest BCUT2D eigenvalue weighted by atomic mass is 16.5. The average molecular weight is 284 g/mol. The number of aliphatic hydroxyl groups excluding tert-OH is 2. The summed E-state index contributed by atoms with van der Waals surface area (Å²) in [7, 11) is 1.60. The first-order valence-electron chi connectivity index (χ1n) is 6.70. The van der Waals surface area contributed by atoms with Crippen LogP contribution in [0.4, 0.5) is 0 Å². The van der Waals surface area contributed by atoms with Gasteiger partial charge in [0.25, 0.3) is 0 Å². The van der Waals surface area contributed by atoms with Gasteiger partial charge >= 0.3 is 0 Å². The van der Waals surface area contributed by atoms with Crippen LogP contribution in [0.2, 0.25) is 0 Å². The second-order valence-corrected chi connectivity index (χ2v) is 4.75. The number of aliphatic hydroxyl groups is 2. The van der Waals surface area contributed by atoms with Gasteiger partial charge in [-0.2, -0.15) is 0 Å². The molecule has 5 heteroatoms. The maximum atomic E-state index is 9.76. The quantitative estimate of drug-likeness (QED) is 0.672. The van der Waals surface area contributed by atoms with Gasteiger partial charge in [0.15, 0.2) is 0 Å². The molecule has 1 aromatic carbocycles. The Labute approximate surface area is 120 Å². The Bertz CT molecular complexity index is 392. The van der Waals surface area contributed by atoms with Crippen molar-refractivity contribution in [2.75, 3.05) is 33.5 Å². The van der Waals surface area contributed by atoms with Gasteiger partial charge in [0.05, 0.1) is 25.9 Å². The Morgan fingerprint density at radius 1 is 1.15 bits per heavy atom. The fraction of sp³-hybridized carbons (Fsp3) is 0.600. The van der Waals surface area contributed by atoms with E-state index in [1.54, 1.807) is 14.0 Å². The van der Waals surface area contributed by atoms with Crippen LogP contribution in [0.1, 0.15) is 24.2 Å². The standard InChI is InChI=1S/C15H24O5/c1-11-4-5-14(12(2)16)15(8-11)20-10-13(17)9-19-7-6-18-3/h4-5,8,12-13,16-17H,6-7,9-10H2,1-3H3. The lowest BCUT2D eigenvalue weighted by atomic mass is 10.1. The van der Waals surface area contributed by atoms with Gasteiger partial charge in [-0.05, 0) is 25.5 Å². The van der Waals surface area contributed by atoms with Crippen molar-refractivity contribution in [3.8, 4) is 5.75 Å². The van der Waals surface area contributed by atoms with Gasteiger partial charge in [-0.3, -0.25) is 0 Å². The number of ether oxygens (including phenoxy) is 3. The largest absolute Gasteiger partial charge is 0.490 e. The summed E-state index contributed by atoms with van der Waals surface area (Å²) in [5, 5.41) is 19.4. The van der Waals surface area contributed by atoms with Crippen molar-refractivity contribution in [1.82, 2.24) is 0 Å². The Balaban J connectivity index is 2.46. The van der Waals surface area contributed by atoms with Crippen molar-refractivity contribution < 1.29 is 24.4 Å². The summed E-state index contributed by atoms with van der Waals surface area (Å²) >= 11 is 0. The smallest absolute Gasteiger partial charge is 0.125 e. The van der Waals surface area contributed by atoms with Crippen LogP contribution in [-0.2, 0) is 9.47 Å². The molecule has 0 spiro atoms. The van der Waals surface area contributed by atoms with E-state index in [2.05, 4.69) is 0 Å². The van der Waals surface area contributed by atoms with Crippen LogP contribution in [0.3, 0.4) is 0 Å². The third-order valence-electron chi connectivity index (χ3n) is 2.79. The molecule has 0 bridgehead atoms. The lowest BCUT2D eigenvalue weighted by molar-refractivity contribution is -0.00461. The van der Waals surface area contributed by atoms with Gasteiger partial charge in [0.2, 0.25) is 0 Å². The summed E-state index contributed by atoms with van der Waals surface area (Å²) in [5.41, 5.74) is 1.75. The Morgan fingerprint density at radius 3 is 2.55 bits per heavy atom. The highest BCUT2D eigenvalue weighted by Gasteiger charge is 2.12. The van der Waals surface area contributed by atoms with Crippen molar-refractivity contribution in [2.24, 2.45) is 0 Å². The third kappa shape index (κ3) is 5.88. The fourth-order valence-corrected chi connectivity index (χ4v) is 1.71. The van der Waals surface area contributed by atoms with Crippen molar-refractivity contribution >= 4 is 0 Å². The summed E-state index contributed by atoms with van der Waals surface area (Å²) in [5.74, 6) is 0.593.